The van der Waals surface area contributed by atoms with Crippen molar-refractivity contribution < 1.29 is 4.79 Å². The topological polar surface area (TPSA) is 41.1 Å². The first-order valence-electron chi connectivity index (χ1n) is 7.61. The van der Waals surface area contributed by atoms with Crippen molar-refractivity contribution >= 4 is 18.3 Å². The minimum Gasteiger partial charge on any atom is -0.352 e. The van der Waals surface area contributed by atoms with Gasteiger partial charge in [0.05, 0.1) is 5.41 Å². The van der Waals surface area contributed by atoms with Crippen LogP contribution in [0.5, 0.6) is 0 Å². The van der Waals surface area contributed by atoms with E-state index in [2.05, 4.69) is 36.6 Å². The molecular weight excluding hydrogens is 284 g/mol. The third-order valence-electron chi connectivity index (χ3n) is 5.50. The molecule has 21 heavy (non-hydrogen) atoms. The van der Waals surface area contributed by atoms with Crippen LogP contribution in [0.4, 0.5) is 0 Å². The maximum absolute atomic E-state index is 12.6. The second-order valence-corrected chi connectivity index (χ2v) is 6.65. The number of hydrogen-bond acceptors (Lipinski definition) is 2. The zero-order valence-electron chi connectivity index (χ0n) is 12.9. The number of rotatable bonds is 3. The van der Waals surface area contributed by atoms with Gasteiger partial charge >= 0.3 is 0 Å². The molecule has 1 saturated carbocycles. The van der Waals surface area contributed by atoms with E-state index in [0.717, 1.165) is 32.4 Å². The average Bonchev–Trinajstić information content (AvgIpc) is 3.03. The number of benzene rings is 1. The van der Waals surface area contributed by atoms with E-state index in [-0.39, 0.29) is 29.1 Å². The Hall–Kier alpha value is -1.06. The Bertz CT molecular complexity index is 525. The van der Waals surface area contributed by atoms with Crippen LogP contribution in [-0.2, 0) is 11.3 Å². The molecule has 0 bridgehead atoms. The molecular formula is C17H25ClN2O. The molecule has 1 unspecified atom stereocenters. The fourth-order valence-electron chi connectivity index (χ4n) is 3.77. The number of carbonyl (C=O) groups excluding carboxylic acids is 1. The maximum atomic E-state index is 12.6. The third-order valence-corrected chi connectivity index (χ3v) is 5.50. The highest BCUT2D eigenvalue weighted by molar-refractivity contribution is 5.86. The maximum Gasteiger partial charge on any atom is 0.226 e. The Labute approximate surface area is 133 Å². The molecule has 1 aromatic carbocycles. The highest BCUT2D eigenvalue weighted by Gasteiger charge is 2.67. The van der Waals surface area contributed by atoms with Gasteiger partial charge in [-0.3, -0.25) is 4.79 Å². The minimum atomic E-state index is -0.141. The first kappa shape index (κ1) is 16.3. The molecule has 1 spiro atoms. The van der Waals surface area contributed by atoms with Crippen molar-refractivity contribution in [2.75, 3.05) is 13.1 Å². The Morgan fingerprint density at radius 3 is 2.62 bits per heavy atom. The van der Waals surface area contributed by atoms with Crippen molar-refractivity contribution in [2.45, 2.75) is 39.7 Å². The van der Waals surface area contributed by atoms with E-state index in [0.29, 0.717) is 6.54 Å². The van der Waals surface area contributed by atoms with Crippen LogP contribution in [-0.4, -0.2) is 19.0 Å². The molecule has 1 amide bonds. The fourth-order valence-corrected chi connectivity index (χ4v) is 3.77. The first-order valence-corrected chi connectivity index (χ1v) is 7.61. The van der Waals surface area contributed by atoms with Crippen molar-refractivity contribution in [3.63, 3.8) is 0 Å². The SMILES string of the molecule is Cc1ccccc1CNC(=O)C1(C)CC12CCNCC2.Cl. The smallest absolute Gasteiger partial charge is 0.226 e. The number of amides is 1. The fraction of sp³-hybridized carbons (Fsp3) is 0.588. The number of piperidine rings is 1. The van der Waals surface area contributed by atoms with Gasteiger partial charge in [0.15, 0.2) is 0 Å². The quantitative estimate of drug-likeness (QED) is 0.901. The van der Waals surface area contributed by atoms with Gasteiger partial charge in [-0.1, -0.05) is 31.2 Å². The van der Waals surface area contributed by atoms with Crippen LogP contribution in [0.3, 0.4) is 0 Å². The minimum absolute atomic E-state index is 0. The normalized spacial score (nSPS) is 26.0. The Balaban J connectivity index is 0.00000161. The van der Waals surface area contributed by atoms with Crippen molar-refractivity contribution in [1.29, 1.82) is 0 Å². The Kier molecular flexibility index (Phi) is 4.64. The van der Waals surface area contributed by atoms with Crippen LogP contribution >= 0.6 is 12.4 Å². The van der Waals surface area contributed by atoms with Gasteiger partial charge in [-0.2, -0.15) is 0 Å². The van der Waals surface area contributed by atoms with E-state index in [1.807, 2.05) is 12.1 Å². The van der Waals surface area contributed by atoms with Gasteiger partial charge < -0.3 is 10.6 Å². The largest absolute Gasteiger partial charge is 0.352 e. The van der Waals surface area contributed by atoms with Crippen LogP contribution in [0.1, 0.15) is 37.3 Å². The molecule has 1 atom stereocenters. The van der Waals surface area contributed by atoms with E-state index >= 15 is 0 Å². The number of nitrogens with one attached hydrogen (secondary N) is 2. The van der Waals surface area contributed by atoms with Gasteiger partial charge in [-0.25, -0.2) is 0 Å². The lowest BCUT2D eigenvalue weighted by atomic mass is 9.85. The number of hydrogen-bond donors (Lipinski definition) is 2. The molecule has 2 aliphatic rings. The van der Waals surface area contributed by atoms with Crippen LogP contribution < -0.4 is 10.6 Å². The van der Waals surface area contributed by atoms with Gasteiger partial charge in [0.2, 0.25) is 5.91 Å². The number of carbonyl (C=O) groups is 1. The second kappa shape index (κ2) is 5.98. The average molecular weight is 309 g/mol. The summed E-state index contributed by atoms with van der Waals surface area (Å²) in [4.78, 5) is 12.6. The number of aryl methyl sites for hydroxylation is 1. The molecule has 1 aliphatic carbocycles. The summed E-state index contributed by atoms with van der Waals surface area (Å²) in [5, 5.41) is 6.55. The summed E-state index contributed by atoms with van der Waals surface area (Å²) in [6.07, 6.45) is 3.34. The molecule has 3 rings (SSSR count). The summed E-state index contributed by atoms with van der Waals surface area (Å²) in [5.74, 6) is 0.239. The zero-order chi connectivity index (χ0) is 14.2. The summed E-state index contributed by atoms with van der Waals surface area (Å²) < 4.78 is 0. The van der Waals surface area contributed by atoms with Crippen LogP contribution in [0, 0.1) is 17.8 Å². The summed E-state index contributed by atoms with van der Waals surface area (Å²) in [5.41, 5.74) is 2.58. The molecule has 1 aliphatic heterocycles. The van der Waals surface area contributed by atoms with Crippen molar-refractivity contribution in [3.05, 3.63) is 35.4 Å². The van der Waals surface area contributed by atoms with Gasteiger partial charge in [-0.05, 0) is 55.8 Å². The molecule has 2 N–H and O–H groups in total. The summed E-state index contributed by atoms with van der Waals surface area (Å²) in [6.45, 7) is 7.00. The molecule has 4 heteroatoms. The van der Waals surface area contributed by atoms with Crippen molar-refractivity contribution in [1.82, 2.24) is 10.6 Å². The molecule has 0 radical (unpaired) electrons. The Morgan fingerprint density at radius 1 is 1.29 bits per heavy atom. The van der Waals surface area contributed by atoms with Crippen LogP contribution in [0.25, 0.3) is 0 Å². The molecule has 116 valence electrons. The monoisotopic (exact) mass is 308 g/mol. The summed E-state index contributed by atoms with van der Waals surface area (Å²) in [7, 11) is 0. The third kappa shape index (κ3) is 2.82. The van der Waals surface area contributed by atoms with E-state index in [4.69, 9.17) is 0 Å². The summed E-state index contributed by atoms with van der Waals surface area (Å²) >= 11 is 0. The van der Waals surface area contributed by atoms with Crippen molar-refractivity contribution in [3.8, 4) is 0 Å². The molecule has 1 saturated heterocycles. The lowest BCUT2D eigenvalue weighted by molar-refractivity contribution is -0.127. The van der Waals surface area contributed by atoms with E-state index in [1.54, 1.807) is 0 Å². The summed E-state index contributed by atoms with van der Waals surface area (Å²) in [6, 6.07) is 8.24. The zero-order valence-corrected chi connectivity index (χ0v) is 13.7. The molecule has 2 fully saturated rings. The van der Waals surface area contributed by atoms with Crippen LogP contribution in [0.2, 0.25) is 0 Å². The highest BCUT2D eigenvalue weighted by atomic mass is 35.5. The van der Waals surface area contributed by atoms with Gasteiger partial charge in [0.1, 0.15) is 0 Å². The first-order chi connectivity index (χ1) is 9.57. The van der Waals surface area contributed by atoms with E-state index in [9.17, 15) is 4.79 Å². The molecule has 0 aromatic heterocycles. The van der Waals surface area contributed by atoms with Crippen LogP contribution in [0.15, 0.2) is 24.3 Å². The lowest BCUT2D eigenvalue weighted by Gasteiger charge is -2.27. The molecule has 1 aromatic rings. The predicted octanol–water partition coefficient (Wildman–Crippen LogP) is 2.81. The van der Waals surface area contributed by atoms with Gasteiger partial charge in [0, 0.05) is 6.54 Å². The highest BCUT2D eigenvalue weighted by Crippen LogP contribution is 2.68. The van der Waals surface area contributed by atoms with Crippen molar-refractivity contribution in [2.24, 2.45) is 10.8 Å². The predicted molar refractivity (Wildman–Crippen MR) is 87.5 cm³/mol. The Morgan fingerprint density at radius 2 is 1.95 bits per heavy atom. The van der Waals surface area contributed by atoms with E-state index < -0.39 is 0 Å². The number of halogens is 1. The second-order valence-electron chi connectivity index (χ2n) is 6.65. The molecule has 3 nitrogen and oxygen atoms in total. The van der Waals surface area contributed by atoms with E-state index in [1.165, 1.54) is 11.1 Å². The molecule has 1 heterocycles. The lowest BCUT2D eigenvalue weighted by Crippen LogP contribution is -2.38. The standard InChI is InChI=1S/C17H24N2O.ClH/c1-13-5-3-4-6-14(13)11-19-15(20)16(2)12-17(16)7-9-18-10-8-17;/h3-6,18H,7-12H2,1-2H3,(H,19,20);1H. The van der Waals surface area contributed by atoms with Gasteiger partial charge in [0.25, 0.3) is 0 Å². The van der Waals surface area contributed by atoms with Gasteiger partial charge in [-0.15, -0.1) is 12.4 Å².